The molecule has 0 bridgehead atoms. The van der Waals surface area contributed by atoms with Crippen LogP contribution in [0.1, 0.15) is 26.3 Å². The first-order valence-corrected chi connectivity index (χ1v) is 5.59. The molecule has 0 heterocycles. The van der Waals surface area contributed by atoms with Crippen LogP contribution in [0.25, 0.3) is 0 Å². The molecule has 0 saturated heterocycles. The molecule has 0 unspecified atom stereocenters. The standard InChI is InChI=1S/C13H20N2O2/c1-13(2,3)10-6-5-7-11(8-10)14-9-12(16)15-17-4/h5-8,14H,9H2,1-4H3,(H,15,16). The quantitative estimate of drug-likeness (QED) is 0.787. The summed E-state index contributed by atoms with van der Waals surface area (Å²) in [6, 6.07) is 8.06. The van der Waals surface area contributed by atoms with Crippen molar-refractivity contribution in [3.8, 4) is 0 Å². The lowest BCUT2D eigenvalue weighted by Gasteiger charge is -2.20. The van der Waals surface area contributed by atoms with Gasteiger partial charge in [-0.2, -0.15) is 0 Å². The van der Waals surface area contributed by atoms with Crippen LogP contribution in [0.15, 0.2) is 24.3 Å². The molecule has 1 amide bonds. The maximum Gasteiger partial charge on any atom is 0.262 e. The van der Waals surface area contributed by atoms with Gasteiger partial charge >= 0.3 is 0 Å². The minimum atomic E-state index is -0.200. The Hall–Kier alpha value is -1.55. The van der Waals surface area contributed by atoms with Gasteiger partial charge in [-0.15, -0.1) is 0 Å². The van der Waals surface area contributed by atoms with Gasteiger partial charge in [0, 0.05) is 5.69 Å². The van der Waals surface area contributed by atoms with Crippen molar-refractivity contribution in [3.63, 3.8) is 0 Å². The van der Waals surface area contributed by atoms with Crippen molar-refractivity contribution in [2.75, 3.05) is 19.0 Å². The van der Waals surface area contributed by atoms with Crippen molar-refractivity contribution in [2.24, 2.45) is 0 Å². The Labute approximate surface area is 102 Å². The highest BCUT2D eigenvalue weighted by molar-refractivity contribution is 5.79. The van der Waals surface area contributed by atoms with Crippen molar-refractivity contribution >= 4 is 11.6 Å². The van der Waals surface area contributed by atoms with Crippen molar-refractivity contribution < 1.29 is 9.63 Å². The SMILES string of the molecule is CONC(=O)CNc1cccc(C(C)(C)C)c1. The monoisotopic (exact) mass is 236 g/mol. The fourth-order valence-electron chi connectivity index (χ4n) is 1.43. The van der Waals surface area contributed by atoms with E-state index in [9.17, 15) is 4.79 Å². The molecule has 0 aliphatic carbocycles. The lowest BCUT2D eigenvalue weighted by Crippen LogP contribution is -2.28. The Morgan fingerprint density at radius 1 is 1.35 bits per heavy atom. The number of amides is 1. The molecule has 1 aromatic carbocycles. The van der Waals surface area contributed by atoms with E-state index in [0.717, 1.165) is 5.69 Å². The topological polar surface area (TPSA) is 50.4 Å². The Morgan fingerprint density at radius 3 is 2.65 bits per heavy atom. The van der Waals surface area contributed by atoms with Crippen molar-refractivity contribution in [1.82, 2.24) is 5.48 Å². The minimum absolute atomic E-state index is 0.104. The second-order valence-electron chi connectivity index (χ2n) is 4.91. The van der Waals surface area contributed by atoms with Crippen LogP contribution in [0.2, 0.25) is 0 Å². The average Bonchev–Trinajstić information content (AvgIpc) is 2.26. The number of carbonyl (C=O) groups is 1. The highest BCUT2D eigenvalue weighted by Crippen LogP contribution is 2.24. The van der Waals surface area contributed by atoms with Crippen LogP contribution in [-0.2, 0) is 15.0 Å². The molecule has 0 radical (unpaired) electrons. The first kappa shape index (κ1) is 13.5. The molecule has 0 saturated carbocycles. The van der Waals surface area contributed by atoms with Crippen LogP contribution in [-0.4, -0.2) is 19.6 Å². The maximum atomic E-state index is 11.2. The first-order chi connectivity index (χ1) is 7.93. The molecule has 4 heteroatoms. The summed E-state index contributed by atoms with van der Waals surface area (Å²) in [4.78, 5) is 15.7. The van der Waals surface area contributed by atoms with Gasteiger partial charge in [0.25, 0.3) is 5.91 Å². The van der Waals surface area contributed by atoms with E-state index in [1.54, 1.807) is 0 Å². The highest BCUT2D eigenvalue weighted by atomic mass is 16.6. The molecule has 0 fully saturated rings. The average molecular weight is 236 g/mol. The molecular formula is C13H20N2O2. The van der Waals surface area contributed by atoms with E-state index >= 15 is 0 Å². The third kappa shape index (κ3) is 4.44. The maximum absolute atomic E-state index is 11.2. The van der Waals surface area contributed by atoms with Gasteiger partial charge in [-0.25, -0.2) is 5.48 Å². The fraction of sp³-hybridized carbons (Fsp3) is 0.462. The number of hydroxylamine groups is 1. The van der Waals surface area contributed by atoms with E-state index in [-0.39, 0.29) is 17.9 Å². The predicted molar refractivity (Wildman–Crippen MR) is 68.8 cm³/mol. The van der Waals surface area contributed by atoms with Gasteiger partial charge in [0.15, 0.2) is 0 Å². The molecule has 0 spiro atoms. The van der Waals surface area contributed by atoms with E-state index in [1.165, 1.54) is 12.7 Å². The summed E-state index contributed by atoms with van der Waals surface area (Å²) in [7, 11) is 1.41. The summed E-state index contributed by atoms with van der Waals surface area (Å²) in [5.74, 6) is -0.200. The molecule has 94 valence electrons. The van der Waals surface area contributed by atoms with Crippen molar-refractivity contribution in [2.45, 2.75) is 26.2 Å². The van der Waals surface area contributed by atoms with Crippen LogP contribution in [0, 0.1) is 0 Å². The summed E-state index contributed by atoms with van der Waals surface area (Å²) in [5.41, 5.74) is 4.53. The molecule has 17 heavy (non-hydrogen) atoms. The van der Waals surface area contributed by atoms with Crippen LogP contribution >= 0.6 is 0 Å². The Balaban J connectivity index is 2.64. The normalized spacial score (nSPS) is 11.1. The molecule has 0 aliphatic heterocycles. The molecule has 0 atom stereocenters. The Kier molecular flexibility index (Phi) is 4.52. The smallest absolute Gasteiger partial charge is 0.262 e. The van der Waals surface area contributed by atoms with Gasteiger partial charge in [-0.3, -0.25) is 9.63 Å². The molecule has 0 aromatic heterocycles. The van der Waals surface area contributed by atoms with Crippen LogP contribution in [0.5, 0.6) is 0 Å². The first-order valence-electron chi connectivity index (χ1n) is 5.59. The summed E-state index contributed by atoms with van der Waals surface area (Å²) in [5, 5.41) is 3.05. The van der Waals surface area contributed by atoms with Gasteiger partial charge < -0.3 is 5.32 Å². The summed E-state index contributed by atoms with van der Waals surface area (Å²) in [6.07, 6.45) is 0. The van der Waals surface area contributed by atoms with Gasteiger partial charge in [-0.05, 0) is 23.1 Å². The van der Waals surface area contributed by atoms with E-state index in [0.29, 0.717) is 0 Å². The second-order valence-corrected chi connectivity index (χ2v) is 4.91. The number of anilines is 1. The van der Waals surface area contributed by atoms with E-state index in [4.69, 9.17) is 0 Å². The Bertz CT molecular complexity index is 383. The minimum Gasteiger partial charge on any atom is -0.376 e. The third-order valence-electron chi connectivity index (χ3n) is 2.40. The molecule has 1 rings (SSSR count). The summed E-state index contributed by atoms with van der Waals surface area (Å²) >= 11 is 0. The molecule has 4 nitrogen and oxygen atoms in total. The lowest BCUT2D eigenvalue weighted by atomic mass is 9.87. The van der Waals surface area contributed by atoms with Crippen LogP contribution in [0.4, 0.5) is 5.69 Å². The largest absolute Gasteiger partial charge is 0.376 e. The van der Waals surface area contributed by atoms with Gasteiger partial charge in [-0.1, -0.05) is 32.9 Å². The third-order valence-corrected chi connectivity index (χ3v) is 2.40. The Morgan fingerprint density at radius 2 is 2.06 bits per heavy atom. The highest BCUT2D eigenvalue weighted by Gasteiger charge is 2.13. The van der Waals surface area contributed by atoms with E-state index < -0.39 is 0 Å². The molecular weight excluding hydrogens is 216 g/mol. The van der Waals surface area contributed by atoms with E-state index in [2.05, 4.69) is 48.5 Å². The molecule has 2 N–H and O–H groups in total. The molecule has 1 aromatic rings. The summed E-state index contributed by atoms with van der Waals surface area (Å²) < 4.78 is 0. The number of hydrogen-bond acceptors (Lipinski definition) is 3. The number of hydrogen-bond donors (Lipinski definition) is 2. The summed E-state index contributed by atoms with van der Waals surface area (Å²) in [6.45, 7) is 6.67. The number of rotatable bonds is 4. The second kappa shape index (κ2) is 5.68. The van der Waals surface area contributed by atoms with Gasteiger partial charge in [0.05, 0.1) is 13.7 Å². The zero-order valence-electron chi connectivity index (χ0n) is 10.8. The fourth-order valence-corrected chi connectivity index (χ4v) is 1.43. The lowest BCUT2D eigenvalue weighted by molar-refractivity contribution is -0.129. The zero-order valence-corrected chi connectivity index (χ0v) is 10.8. The van der Waals surface area contributed by atoms with Crippen molar-refractivity contribution in [1.29, 1.82) is 0 Å². The van der Waals surface area contributed by atoms with E-state index in [1.807, 2.05) is 12.1 Å². The van der Waals surface area contributed by atoms with Gasteiger partial charge in [0.1, 0.15) is 0 Å². The van der Waals surface area contributed by atoms with Crippen LogP contribution in [0.3, 0.4) is 0 Å². The van der Waals surface area contributed by atoms with Crippen LogP contribution < -0.4 is 10.8 Å². The van der Waals surface area contributed by atoms with Gasteiger partial charge in [0.2, 0.25) is 0 Å². The van der Waals surface area contributed by atoms with Crippen molar-refractivity contribution in [3.05, 3.63) is 29.8 Å². The number of nitrogens with one attached hydrogen (secondary N) is 2. The number of carbonyl (C=O) groups excluding carboxylic acids is 1. The zero-order chi connectivity index (χ0) is 12.9. The predicted octanol–water partition coefficient (Wildman–Crippen LogP) is 2.07. The molecule has 0 aliphatic rings. The number of benzene rings is 1.